The lowest BCUT2D eigenvalue weighted by Gasteiger charge is -2.14. The first-order valence-electron chi connectivity index (χ1n) is 3.60. The molecule has 0 aliphatic carbocycles. The maximum atomic E-state index is 10.4. The van der Waals surface area contributed by atoms with Gasteiger partial charge in [-0.15, -0.1) is 0 Å². The van der Waals surface area contributed by atoms with Crippen molar-refractivity contribution in [2.45, 2.75) is 13.2 Å². The van der Waals surface area contributed by atoms with Crippen molar-refractivity contribution in [2.24, 2.45) is 0 Å². The van der Waals surface area contributed by atoms with Gasteiger partial charge < -0.3 is 9.30 Å². The van der Waals surface area contributed by atoms with E-state index in [1.165, 1.54) is 0 Å². The van der Waals surface area contributed by atoms with Crippen molar-refractivity contribution < 1.29 is 9.53 Å². The van der Waals surface area contributed by atoms with E-state index in [4.69, 9.17) is 16.3 Å². The first-order valence-corrected chi connectivity index (χ1v) is 3.98. The Balaban J connectivity index is 2.51. The van der Waals surface area contributed by atoms with Gasteiger partial charge >= 0.3 is 0 Å². The van der Waals surface area contributed by atoms with Crippen LogP contribution in [-0.4, -0.2) is 22.4 Å². The Morgan fingerprint density at radius 2 is 2.50 bits per heavy atom. The summed E-state index contributed by atoms with van der Waals surface area (Å²) in [5.41, 5.74) is 0.303. The Morgan fingerprint density at radius 3 is 3.17 bits per heavy atom. The average Bonchev–Trinajstić information content (AvgIpc) is 2.44. The predicted octanol–water partition coefficient (Wildman–Crippen LogP) is 0.879. The van der Waals surface area contributed by atoms with Gasteiger partial charge in [0, 0.05) is 6.54 Å². The molecule has 1 aromatic rings. The molecule has 0 radical (unpaired) electrons. The van der Waals surface area contributed by atoms with Crippen LogP contribution in [0.4, 0.5) is 0 Å². The van der Waals surface area contributed by atoms with Crippen molar-refractivity contribution >= 4 is 17.9 Å². The van der Waals surface area contributed by atoms with Gasteiger partial charge in [0.1, 0.15) is 23.3 Å². The molecule has 1 aliphatic heterocycles. The Kier molecular flexibility index (Phi) is 1.86. The highest BCUT2D eigenvalue weighted by Crippen LogP contribution is 2.19. The summed E-state index contributed by atoms with van der Waals surface area (Å²) in [5.74, 6) is 0.730. The summed E-state index contributed by atoms with van der Waals surface area (Å²) in [4.78, 5) is 14.5. The number of carbonyl (C=O) groups excluding carboxylic acids is 1. The summed E-state index contributed by atoms with van der Waals surface area (Å²) in [6, 6.07) is 0. The van der Waals surface area contributed by atoms with E-state index in [0.29, 0.717) is 36.9 Å². The smallest absolute Gasteiger partial charge is 0.171 e. The Hall–Kier alpha value is -0.870. The lowest BCUT2D eigenvalue weighted by molar-refractivity contribution is 0.0817. The third kappa shape index (κ3) is 1.04. The second-order valence-electron chi connectivity index (χ2n) is 2.53. The molecule has 0 saturated heterocycles. The molecule has 0 N–H and O–H groups in total. The molecule has 0 atom stereocenters. The van der Waals surface area contributed by atoms with Crippen molar-refractivity contribution in [2.75, 3.05) is 6.61 Å². The summed E-state index contributed by atoms with van der Waals surface area (Å²) in [6.07, 6.45) is 0.660. The third-order valence-electron chi connectivity index (χ3n) is 1.81. The van der Waals surface area contributed by atoms with Crippen molar-refractivity contribution in [3.63, 3.8) is 0 Å². The van der Waals surface area contributed by atoms with Gasteiger partial charge in [-0.05, 0) is 0 Å². The molecule has 64 valence electrons. The Bertz CT molecular complexity index is 321. The lowest BCUT2D eigenvalue weighted by atomic mass is 10.5. The van der Waals surface area contributed by atoms with Crippen molar-refractivity contribution in [3.8, 4) is 0 Å². The van der Waals surface area contributed by atoms with Crippen LogP contribution in [-0.2, 0) is 17.9 Å². The first kappa shape index (κ1) is 7.76. The van der Waals surface area contributed by atoms with Gasteiger partial charge in [-0.25, -0.2) is 4.98 Å². The molecule has 1 aromatic heterocycles. The first-order chi connectivity index (χ1) is 5.83. The fourth-order valence-electron chi connectivity index (χ4n) is 1.23. The number of halogens is 1. The molecule has 0 amide bonds. The monoisotopic (exact) mass is 186 g/mol. The van der Waals surface area contributed by atoms with Gasteiger partial charge in [-0.2, -0.15) is 0 Å². The Morgan fingerprint density at radius 1 is 1.67 bits per heavy atom. The van der Waals surface area contributed by atoms with Crippen LogP contribution in [0, 0.1) is 0 Å². The van der Waals surface area contributed by atoms with Gasteiger partial charge in [0.25, 0.3) is 0 Å². The van der Waals surface area contributed by atoms with E-state index >= 15 is 0 Å². The van der Waals surface area contributed by atoms with Crippen LogP contribution in [0.15, 0.2) is 0 Å². The fourth-order valence-corrected chi connectivity index (χ4v) is 1.50. The highest BCUT2D eigenvalue weighted by Gasteiger charge is 2.17. The van der Waals surface area contributed by atoms with Crippen LogP contribution in [0.1, 0.15) is 16.3 Å². The number of aromatic nitrogens is 2. The third-order valence-corrected chi connectivity index (χ3v) is 2.21. The molecular weight excluding hydrogens is 180 g/mol. The number of hydrogen-bond donors (Lipinski definition) is 0. The van der Waals surface area contributed by atoms with Gasteiger partial charge in [-0.1, -0.05) is 11.6 Å². The van der Waals surface area contributed by atoms with E-state index < -0.39 is 0 Å². The molecule has 0 aromatic carbocycles. The summed E-state index contributed by atoms with van der Waals surface area (Å²) in [6.45, 7) is 1.74. The molecule has 5 heteroatoms. The molecule has 0 saturated carbocycles. The van der Waals surface area contributed by atoms with Gasteiger partial charge in [0.15, 0.2) is 6.29 Å². The molecular formula is C7H7ClN2O2. The summed E-state index contributed by atoms with van der Waals surface area (Å²) < 4.78 is 6.95. The van der Waals surface area contributed by atoms with Crippen LogP contribution >= 0.6 is 11.6 Å². The van der Waals surface area contributed by atoms with Crippen LogP contribution in [0.25, 0.3) is 0 Å². The molecule has 12 heavy (non-hydrogen) atoms. The molecule has 0 spiro atoms. The van der Waals surface area contributed by atoms with E-state index in [-0.39, 0.29) is 0 Å². The molecule has 0 fully saturated rings. The number of imidazole rings is 1. The van der Waals surface area contributed by atoms with Crippen LogP contribution in [0.2, 0.25) is 5.15 Å². The van der Waals surface area contributed by atoms with Crippen LogP contribution in [0.5, 0.6) is 0 Å². The normalized spacial score (nSPS) is 15.8. The van der Waals surface area contributed by atoms with E-state index in [1.54, 1.807) is 4.57 Å². The minimum atomic E-state index is 0.303. The number of fused-ring (bicyclic) bond motifs is 1. The van der Waals surface area contributed by atoms with Gasteiger partial charge in [0.2, 0.25) is 0 Å². The minimum absolute atomic E-state index is 0.303. The van der Waals surface area contributed by atoms with E-state index in [2.05, 4.69) is 4.98 Å². The molecule has 0 unspecified atom stereocenters. The summed E-state index contributed by atoms with van der Waals surface area (Å²) in [5, 5.41) is 0.420. The number of nitrogens with zero attached hydrogens (tertiary/aromatic N) is 2. The Labute approximate surface area is 74.1 Å². The van der Waals surface area contributed by atoms with Crippen molar-refractivity contribution in [1.29, 1.82) is 0 Å². The predicted molar refractivity (Wildman–Crippen MR) is 42.3 cm³/mol. The van der Waals surface area contributed by atoms with E-state index in [9.17, 15) is 4.79 Å². The highest BCUT2D eigenvalue weighted by atomic mass is 35.5. The molecule has 4 nitrogen and oxygen atoms in total. The number of ether oxygens (including phenoxy) is 1. The topological polar surface area (TPSA) is 44.1 Å². The highest BCUT2D eigenvalue weighted by molar-refractivity contribution is 6.31. The number of hydrogen-bond acceptors (Lipinski definition) is 3. The van der Waals surface area contributed by atoms with E-state index in [1.807, 2.05) is 0 Å². The zero-order valence-electron chi connectivity index (χ0n) is 6.29. The largest absolute Gasteiger partial charge is 0.372 e. The zero-order chi connectivity index (χ0) is 8.55. The standard InChI is InChI=1S/C7H7ClN2O2/c8-7-5(3-11)9-6-4-12-2-1-10(6)7/h3H,1-2,4H2. The molecule has 0 bridgehead atoms. The molecule has 2 heterocycles. The number of rotatable bonds is 1. The number of carbonyl (C=O) groups is 1. The quantitative estimate of drug-likeness (QED) is 0.612. The molecule has 2 rings (SSSR count). The molecule has 1 aliphatic rings. The maximum absolute atomic E-state index is 10.4. The maximum Gasteiger partial charge on any atom is 0.171 e. The van der Waals surface area contributed by atoms with Crippen LogP contribution < -0.4 is 0 Å². The SMILES string of the molecule is O=Cc1nc2n(c1Cl)CCOC2. The van der Waals surface area contributed by atoms with Crippen LogP contribution in [0.3, 0.4) is 0 Å². The second-order valence-corrected chi connectivity index (χ2v) is 2.88. The fraction of sp³-hybridized carbons (Fsp3) is 0.429. The van der Waals surface area contributed by atoms with Gasteiger partial charge in [-0.3, -0.25) is 4.79 Å². The minimum Gasteiger partial charge on any atom is -0.372 e. The lowest BCUT2D eigenvalue weighted by Crippen LogP contribution is -2.16. The second kappa shape index (κ2) is 2.88. The summed E-state index contributed by atoms with van der Waals surface area (Å²) in [7, 11) is 0. The van der Waals surface area contributed by atoms with Crippen molar-refractivity contribution in [3.05, 3.63) is 16.7 Å². The summed E-state index contributed by atoms with van der Waals surface area (Å²) >= 11 is 5.86. The average molecular weight is 187 g/mol. The number of aldehydes is 1. The van der Waals surface area contributed by atoms with E-state index in [0.717, 1.165) is 5.82 Å². The zero-order valence-corrected chi connectivity index (χ0v) is 7.04. The van der Waals surface area contributed by atoms with Crippen molar-refractivity contribution in [1.82, 2.24) is 9.55 Å². The van der Waals surface area contributed by atoms with Gasteiger partial charge in [0.05, 0.1) is 6.61 Å².